The van der Waals surface area contributed by atoms with Crippen LogP contribution in [0.5, 0.6) is 0 Å². The molecule has 1 aromatic carbocycles. The van der Waals surface area contributed by atoms with E-state index in [-0.39, 0.29) is 18.7 Å². The van der Waals surface area contributed by atoms with E-state index in [2.05, 4.69) is 21.2 Å². The molecule has 1 aliphatic carbocycles. The molecule has 0 saturated heterocycles. The number of carbonyl (C=O) groups is 2. The molecule has 2 rings (SSSR count). The highest BCUT2D eigenvalue weighted by atomic mass is 79.9. The summed E-state index contributed by atoms with van der Waals surface area (Å²) in [5, 5.41) is 11.9. The van der Waals surface area contributed by atoms with Crippen LogP contribution < -0.4 is 5.32 Å². The zero-order chi connectivity index (χ0) is 15.5. The van der Waals surface area contributed by atoms with Gasteiger partial charge >= 0.3 is 5.97 Å². The van der Waals surface area contributed by atoms with Crippen molar-refractivity contribution >= 4 is 27.8 Å². The Kier molecular flexibility index (Phi) is 4.98. The lowest BCUT2D eigenvalue weighted by Gasteiger charge is -2.28. The summed E-state index contributed by atoms with van der Waals surface area (Å²) in [7, 11) is 0. The normalized spacial score (nSPS) is 16.7. The minimum Gasteiger partial charge on any atom is -0.481 e. The lowest BCUT2D eigenvalue weighted by Crippen LogP contribution is -2.48. The molecule has 6 heteroatoms. The van der Waals surface area contributed by atoms with Gasteiger partial charge in [0, 0.05) is 0 Å². The zero-order valence-corrected chi connectivity index (χ0v) is 13.1. The molecule has 1 amide bonds. The van der Waals surface area contributed by atoms with Gasteiger partial charge < -0.3 is 10.4 Å². The average Bonchev–Trinajstić information content (AvgIpc) is 2.80. The summed E-state index contributed by atoms with van der Waals surface area (Å²) < 4.78 is 13.8. The van der Waals surface area contributed by atoms with Crippen molar-refractivity contribution in [3.8, 4) is 0 Å². The number of carboxylic acid groups (broad SMARTS) is 1. The van der Waals surface area contributed by atoms with Crippen molar-refractivity contribution in [3.63, 3.8) is 0 Å². The van der Waals surface area contributed by atoms with Crippen molar-refractivity contribution < 1.29 is 19.1 Å². The first-order chi connectivity index (χ1) is 9.90. The lowest BCUT2D eigenvalue weighted by atomic mass is 9.92. The maximum Gasteiger partial charge on any atom is 0.305 e. The van der Waals surface area contributed by atoms with Crippen LogP contribution >= 0.6 is 15.9 Å². The second-order valence-electron chi connectivity index (χ2n) is 5.53. The number of hydrogen-bond donors (Lipinski definition) is 2. The van der Waals surface area contributed by atoms with Crippen LogP contribution in [0.1, 0.15) is 37.7 Å². The molecule has 4 nitrogen and oxygen atoms in total. The number of hydrogen-bond acceptors (Lipinski definition) is 2. The minimum atomic E-state index is -0.910. The molecule has 2 N–H and O–H groups in total. The molecule has 1 saturated carbocycles. The summed E-state index contributed by atoms with van der Waals surface area (Å²) in [6.07, 6.45) is 3.18. The topological polar surface area (TPSA) is 66.4 Å². The van der Waals surface area contributed by atoms with Gasteiger partial charge in [-0.3, -0.25) is 9.59 Å². The van der Waals surface area contributed by atoms with Crippen LogP contribution in [0.25, 0.3) is 0 Å². The number of amides is 1. The maximum atomic E-state index is 13.4. The predicted molar refractivity (Wildman–Crippen MR) is 79.4 cm³/mol. The maximum absolute atomic E-state index is 13.4. The first-order valence-electron chi connectivity index (χ1n) is 6.87. The third-order valence-electron chi connectivity index (χ3n) is 3.80. The Hall–Kier alpha value is -1.43. The van der Waals surface area contributed by atoms with Crippen LogP contribution in [-0.2, 0) is 16.0 Å². The number of rotatable bonds is 5. The summed E-state index contributed by atoms with van der Waals surface area (Å²) in [5.41, 5.74) is -0.0757. The van der Waals surface area contributed by atoms with Crippen molar-refractivity contribution in [1.82, 2.24) is 5.32 Å². The van der Waals surface area contributed by atoms with Crippen molar-refractivity contribution in [1.29, 1.82) is 0 Å². The SMILES string of the molecule is O=C(O)CC1(NC(=O)Cc2ccc(Br)c(F)c2)CCCC1. The molecule has 1 aromatic rings. The fourth-order valence-electron chi connectivity index (χ4n) is 2.86. The van der Waals surface area contributed by atoms with Gasteiger partial charge in [-0.05, 0) is 46.5 Å². The van der Waals surface area contributed by atoms with E-state index < -0.39 is 17.3 Å². The van der Waals surface area contributed by atoms with Gasteiger partial charge in [0.2, 0.25) is 5.91 Å². The van der Waals surface area contributed by atoms with Crippen LogP contribution in [0.2, 0.25) is 0 Å². The predicted octanol–water partition coefficient (Wildman–Crippen LogP) is 3.03. The largest absolute Gasteiger partial charge is 0.481 e. The molecular weight excluding hydrogens is 341 g/mol. The Morgan fingerprint density at radius 2 is 2.00 bits per heavy atom. The first-order valence-corrected chi connectivity index (χ1v) is 7.66. The summed E-state index contributed by atoms with van der Waals surface area (Å²) in [5.74, 6) is -1.59. The molecule has 0 bridgehead atoms. The van der Waals surface area contributed by atoms with Crippen molar-refractivity contribution in [3.05, 3.63) is 34.1 Å². The molecule has 0 unspecified atom stereocenters. The van der Waals surface area contributed by atoms with Gasteiger partial charge in [-0.2, -0.15) is 0 Å². The molecule has 0 radical (unpaired) electrons. The fraction of sp³-hybridized carbons (Fsp3) is 0.467. The van der Waals surface area contributed by atoms with Crippen LogP contribution in [0.15, 0.2) is 22.7 Å². The molecule has 0 heterocycles. The second-order valence-corrected chi connectivity index (χ2v) is 6.39. The first kappa shape index (κ1) is 15.9. The van der Waals surface area contributed by atoms with E-state index in [9.17, 15) is 14.0 Å². The third-order valence-corrected chi connectivity index (χ3v) is 4.45. The van der Waals surface area contributed by atoms with Crippen LogP contribution in [-0.4, -0.2) is 22.5 Å². The summed E-state index contributed by atoms with van der Waals surface area (Å²) in [6.45, 7) is 0. The van der Waals surface area contributed by atoms with E-state index in [1.807, 2.05) is 0 Å². The Labute approximate surface area is 130 Å². The number of nitrogens with one attached hydrogen (secondary N) is 1. The van der Waals surface area contributed by atoms with Gasteiger partial charge in [0.25, 0.3) is 0 Å². The average molecular weight is 358 g/mol. The highest BCUT2D eigenvalue weighted by Gasteiger charge is 2.37. The molecule has 0 atom stereocenters. The Morgan fingerprint density at radius 1 is 1.33 bits per heavy atom. The lowest BCUT2D eigenvalue weighted by molar-refractivity contribution is -0.139. The van der Waals surface area contributed by atoms with E-state index in [0.29, 0.717) is 22.9 Å². The molecule has 0 aliphatic heterocycles. The molecule has 0 aromatic heterocycles. The van der Waals surface area contributed by atoms with Crippen molar-refractivity contribution in [2.45, 2.75) is 44.1 Å². The van der Waals surface area contributed by atoms with Crippen LogP contribution in [0, 0.1) is 5.82 Å². The Bertz CT molecular complexity index is 556. The van der Waals surface area contributed by atoms with E-state index >= 15 is 0 Å². The number of carbonyl (C=O) groups excluding carboxylic acids is 1. The van der Waals surface area contributed by atoms with Gasteiger partial charge in [-0.25, -0.2) is 4.39 Å². The monoisotopic (exact) mass is 357 g/mol. The quantitative estimate of drug-likeness (QED) is 0.850. The number of aliphatic carboxylic acids is 1. The highest BCUT2D eigenvalue weighted by Crippen LogP contribution is 2.32. The highest BCUT2D eigenvalue weighted by molar-refractivity contribution is 9.10. The zero-order valence-electron chi connectivity index (χ0n) is 11.5. The van der Waals surface area contributed by atoms with Gasteiger partial charge in [0.15, 0.2) is 0 Å². The third kappa shape index (κ3) is 4.27. The number of carboxylic acids is 1. The number of halogens is 2. The Morgan fingerprint density at radius 3 is 2.57 bits per heavy atom. The van der Waals surface area contributed by atoms with Crippen molar-refractivity contribution in [2.75, 3.05) is 0 Å². The molecule has 21 heavy (non-hydrogen) atoms. The van der Waals surface area contributed by atoms with E-state index in [4.69, 9.17) is 5.11 Å². The van der Waals surface area contributed by atoms with E-state index in [1.54, 1.807) is 12.1 Å². The summed E-state index contributed by atoms with van der Waals surface area (Å²) in [4.78, 5) is 23.1. The molecular formula is C15H17BrFNO3. The second kappa shape index (κ2) is 6.56. The minimum absolute atomic E-state index is 0.0472. The van der Waals surface area contributed by atoms with Gasteiger partial charge in [-0.15, -0.1) is 0 Å². The standard InChI is InChI=1S/C15H17BrFNO3/c16-11-4-3-10(7-12(11)17)8-13(19)18-15(9-14(20)21)5-1-2-6-15/h3-4,7H,1-2,5-6,8-9H2,(H,18,19)(H,20,21). The summed E-state index contributed by atoms with van der Waals surface area (Å²) >= 11 is 3.06. The van der Waals surface area contributed by atoms with Gasteiger partial charge in [-0.1, -0.05) is 18.9 Å². The fourth-order valence-corrected chi connectivity index (χ4v) is 3.11. The Balaban J connectivity index is 2.02. The number of benzene rings is 1. The van der Waals surface area contributed by atoms with Crippen LogP contribution in [0.3, 0.4) is 0 Å². The summed E-state index contributed by atoms with van der Waals surface area (Å²) in [6, 6.07) is 4.54. The van der Waals surface area contributed by atoms with Gasteiger partial charge in [0.05, 0.1) is 22.9 Å². The van der Waals surface area contributed by atoms with E-state index in [1.165, 1.54) is 6.07 Å². The smallest absolute Gasteiger partial charge is 0.305 e. The molecule has 1 fully saturated rings. The van der Waals surface area contributed by atoms with Crippen molar-refractivity contribution in [2.24, 2.45) is 0 Å². The van der Waals surface area contributed by atoms with Gasteiger partial charge in [0.1, 0.15) is 5.82 Å². The molecule has 114 valence electrons. The van der Waals surface area contributed by atoms with E-state index in [0.717, 1.165) is 12.8 Å². The van der Waals surface area contributed by atoms with Crippen LogP contribution in [0.4, 0.5) is 4.39 Å². The molecule has 1 aliphatic rings. The molecule has 0 spiro atoms.